The quantitative estimate of drug-likeness (QED) is 0.879. The largest absolute Gasteiger partial charge is 0.444 e. The Morgan fingerprint density at radius 3 is 2.67 bits per heavy atom. The van der Waals surface area contributed by atoms with Gasteiger partial charge in [0.1, 0.15) is 5.60 Å². The highest BCUT2D eigenvalue weighted by atomic mass is 32.1. The molecule has 0 saturated heterocycles. The van der Waals surface area contributed by atoms with Gasteiger partial charge in [0.15, 0.2) is 0 Å². The third kappa shape index (κ3) is 5.38. The van der Waals surface area contributed by atoms with Gasteiger partial charge in [0, 0.05) is 23.5 Å². The highest BCUT2D eigenvalue weighted by molar-refractivity contribution is 7.08. The lowest BCUT2D eigenvalue weighted by atomic mass is 10.1. The summed E-state index contributed by atoms with van der Waals surface area (Å²) >= 11 is 1.49. The molecule has 1 aromatic rings. The molecule has 1 aliphatic rings. The van der Waals surface area contributed by atoms with Crippen LogP contribution >= 0.6 is 11.3 Å². The van der Waals surface area contributed by atoms with Gasteiger partial charge in [0.05, 0.1) is 0 Å². The van der Waals surface area contributed by atoms with E-state index in [-0.39, 0.29) is 11.9 Å². The summed E-state index contributed by atoms with van der Waals surface area (Å²) in [6.07, 6.45) is 1.73. The maximum Gasteiger partial charge on any atom is 0.407 e. The zero-order valence-electron chi connectivity index (χ0n) is 12.6. The van der Waals surface area contributed by atoms with Crippen molar-refractivity contribution in [2.45, 2.75) is 45.3 Å². The van der Waals surface area contributed by atoms with Crippen molar-refractivity contribution in [1.29, 1.82) is 0 Å². The Hall–Kier alpha value is -1.56. The van der Waals surface area contributed by atoms with Crippen LogP contribution in [-0.2, 0) is 4.74 Å². The number of thiophene rings is 1. The number of nitrogens with one attached hydrogen (secondary N) is 2. The second-order valence-electron chi connectivity index (χ2n) is 6.31. The van der Waals surface area contributed by atoms with Crippen molar-refractivity contribution in [3.63, 3.8) is 0 Å². The van der Waals surface area contributed by atoms with Crippen molar-refractivity contribution in [2.24, 2.45) is 5.92 Å². The molecule has 0 aromatic carbocycles. The Balaban J connectivity index is 1.83. The summed E-state index contributed by atoms with van der Waals surface area (Å²) in [6.45, 7) is 5.87. The number of carbonyl (C=O) groups excluding carboxylic acids is 2. The molecule has 2 amide bonds. The number of carbonyl (C=O) groups is 2. The van der Waals surface area contributed by atoms with Crippen LogP contribution in [0.25, 0.3) is 0 Å². The van der Waals surface area contributed by atoms with Crippen LogP contribution in [0.1, 0.15) is 44.0 Å². The predicted molar refractivity (Wildman–Crippen MR) is 82.5 cm³/mol. The zero-order valence-corrected chi connectivity index (χ0v) is 13.5. The molecule has 0 radical (unpaired) electrons. The summed E-state index contributed by atoms with van der Waals surface area (Å²) in [7, 11) is 0. The van der Waals surface area contributed by atoms with E-state index in [1.165, 1.54) is 11.3 Å². The Kier molecular flexibility index (Phi) is 4.88. The molecule has 0 bridgehead atoms. The smallest absolute Gasteiger partial charge is 0.407 e. The van der Waals surface area contributed by atoms with Gasteiger partial charge in [-0.3, -0.25) is 4.79 Å². The van der Waals surface area contributed by atoms with Gasteiger partial charge in [-0.2, -0.15) is 11.3 Å². The number of hydrogen-bond acceptors (Lipinski definition) is 4. The van der Waals surface area contributed by atoms with Crippen LogP contribution in [0.2, 0.25) is 0 Å². The molecule has 1 fully saturated rings. The van der Waals surface area contributed by atoms with Crippen LogP contribution in [-0.4, -0.2) is 30.2 Å². The van der Waals surface area contributed by atoms with E-state index in [4.69, 9.17) is 4.74 Å². The maximum atomic E-state index is 12.1. The summed E-state index contributed by atoms with van der Waals surface area (Å²) in [5.74, 6) is 0.363. The molecular weight excluding hydrogens is 288 g/mol. The minimum atomic E-state index is -0.515. The third-order valence-electron chi connectivity index (χ3n) is 3.16. The first-order chi connectivity index (χ1) is 9.85. The van der Waals surface area contributed by atoms with Gasteiger partial charge in [-0.25, -0.2) is 4.79 Å². The normalized spacial score (nSPS) is 16.1. The summed E-state index contributed by atoms with van der Waals surface area (Å²) in [6, 6.07) is 1.76. The van der Waals surface area contributed by atoms with Crippen molar-refractivity contribution in [3.8, 4) is 0 Å². The van der Waals surface area contributed by atoms with E-state index in [1.807, 2.05) is 31.5 Å². The van der Waals surface area contributed by atoms with E-state index in [1.54, 1.807) is 6.07 Å². The van der Waals surface area contributed by atoms with Crippen LogP contribution in [0.3, 0.4) is 0 Å². The lowest BCUT2D eigenvalue weighted by Gasteiger charge is -2.22. The molecular formula is C15H22N2O3S. The molecule has 1 aliphatic carbocycles. The lowest BCUT2D eigenvalue weighted by Crippen LogP contribution is -2.46. The van der Waals surface area contributed by atoms with Crippen molar-refractivity contribution < 1.29 is 14.3 Å². The Bertz CT molecular complexity index is 490. The summed E-state index contributed by atoms with van der Waals surface area (Å²) in [5, 5.41) is 9.43. The highest BCUT2D eigenvalue weighted by Gasteiger charge is 2.33. The molecule has 6 heteroatoms. The van der Waals surface area contributed by atoms with Crippen LogP contribution < -0.4 is 10.6 Å². The number of rotatable bonds is 5. The fourth-order valence-corrected chi connectivity index (χ4v) is 2.62. The number of hydrogen-bond donors (Lipinski definition) is 2. The molecule has 21 heavy (non-hydrogen) atoms. The summed E-state index contributed by atoms with van der Waals surface area (Å²) < 4.78 is 5.20. The fourth-order valence-electron chi connectivity index (χ4n) is 1.99. The average molecular weight is 310 g/mol. The molecule has 1 atom stereocenters. The van der Waals surface area contributed by atoms with Gasteiger partial charge < -0.3 is 15.4 Å². The topological polar surface area (TPSA) is 67.4 Å². The Labute approximate surface area is 129 Å². The minimum Gasteiger partial charge on any atom is -0.444 e. The van der Waals surface area contributed by atoms with Crippen molar-refractivity contribution >= 4 is 23.3 Å². The molecule has 116 valence electrons. The number of alkyl carbamates (subject to hydrolysis) is 1. The fraction of sp³-hybridized carbons (Fsp3) is 0.600. The van der Waals surface area contributed by atoms with E-state index in [2.05, 4.69) is 10.6 Å². The van der Waals surface area contributed by atoms with Crippen LogP contribution in [0, 0.1) is 5.92 Å². The second kappa shape index (κ2) is 6.47. The molecule has 5 nitrogen and oxygen atoms in total. The van der Waals surface area contributed by atoms with Crippen LogP contribution in [0.4, 0.5) is 4.79 Å². The van der Waals surface area contributed by atoms with E-state index in [0.717, 1.165) is 12.8 Å². The van der Waals surface area contributed by atoms with Crippen LogP contribution in [0.5, 0.6) is 0 Å². The van der Waals surface area contributed by atoms with E-state index >= 15 is 0 Å². The average Bonchev–Trinajstić information content (AvgIpc) is 3.06. The highest BCUT2D eigenvalue weighted by Crippen LogP contribution is 2.32. The Morgan fingerprint density at radius 2 is 2.14 bits per heavy atom. The summed E-state index contributed by atoms with van der Waals surface area (Å²) in [4.78, 5) is 23.7. The molecule has 0 aliphatic heterocycles. The van der Waals surface area contributed by atoms with E-state index < -0.39 is 11.7 Å². The molecule has 2 N–H and O–H groups in total. The monoisotopic (exact) mass is 310 g/mol. The third-order valence-corrected chi connectivity index (χ3v) is 3.84. The van der Waals surface area contributed by atoms with Crippen molar-refractivity contribution in [3.05, 3.63) is 22.4 Å². The van der Waals surface area contributed by atoms with Gasteiger partial charge in [0.25, 0.3) is 5.91 Å². The molecule has 1 saturated carbocycles. The lowest BCUT2D eigenvalue weighted by molar-refractivity contribution is 0.0518. The first-order valence-electron chi connectivity index (χ1n) is 7.15. The number of ether oxygens (including phenoxy) is 1. The van der Waals surface area contributed by atoms with Gasteiger partial charge in [-0.05, 0) is 51.0 Å². The molecule has 0 spiro atoms. The first kappa shape index (κ1) is 15.8. The van der Waals surface area contributed by atoms with Gasteiger partial charge >= 0.3 is 6.09 Å². The predicted octanol–water partition coefficient (Wildman–Crippen LogP) is 2.78. The minimum absolute atomic E-state index is 0.0371. The summed E-state index contributed by atoms with van der Waals surface area (Å²) in [5.41, 5.74) is 0.155. The molecule has 1 heterocycles. The van der Waals surface area contributed by atoms with Crippen molar-refractivity contribution in [2.75, 3.05) is 6.54 Å². The second-order valence-corrected chi connectivity index (χ2v) is 7.09. The molecule has 2 rings (SSSR count). The Morgan fingerprint density at radius 1 is 1.43 bits per heavy atom. The van der Waals surface area contributed by atoms with Gasteiger partial charge in [-0.1, -0.05) is 0 Å². The maximum absolute atomic E-state index is 12.1. The first-order valence-corrected chi connectivity index (χ1v) is 8.09. The van der Waals surface area contributed by atoms with Gasteiger partial charge in [0.2, 0.25) is 0 Å². The zero-order chi connectivity index (χ0) is 15.5. The van der Waals surface area contributed by atoms with E-state index in [0.29, 0.717) is 18.0 Å². The van der Waals surface area contributed by atoms with Crippen molar-refractivity contribution in [1.82, 2.24) is 10.6 Å². The SMILES string of the molecule is CC(C)(C)OC(=O)NC[C@@H](NC(=O)c1ccsc1)C1CC1. The van der Waals surface area contributed by atoms with Gasteiger partial charge in [-0.15, -0.1) is 0 Å². The van der Waals surface area contributed by atoms with Crippen LogP contribution in [0.15, 0.2) is 16.8 Å². The number of amides is 2. The molecule has 0 unspecified atom stereocenters. The standard InChI is InChI=1S/C15H22N2O3S/c1-15(2,3)20-14(19)16-8-12(10-4-5-10)17-13(18)11-6-7-21-9-11/h6-7,9-10,12H,4-5,8H2,1-3H3,(H,16,19)(H,17,18)/t12-/m1/s1. The van der Waals surface area contributed by atoms with E-state index in [9.17, 15) is 9.59 Å². The molecule has 1 aromatic heterocycles.